The van der Waals surface area contributed by atoms with E-state index < -0.39 is 23.6 Å². The number of hydrogen-bond acceptors (Lipinski definition) is 2. The van der Waals surface area contributed by atoms with Crippen LogP contribution >= 0.6 is 0 Å². The van der Waals surface area contributed by atoms with Crippen molar-refractivity contribution in [3.63, 3.8) is 0 Å². The first-order valence-corrected chi connectivity index (χ1v) is 6.31. The van der Waals surface area contributed by atoms with Gasteiger partial charge in [-0.1, -0.05) is 6.07 Å². The van der Waals surface area contributed by atoms with Crippen LogP contribution in [0.2, 0.25) is 0 Å². The Morgan fingerprint density at radius 1 is 1.40 bits per heavy atom. The van der Waals surface area contributed by atoms with Crippen molar-refractivity contribution in [1.29, 1.82) is 0 Å². The van der Waals surface area contributed by atoms with Crippen molar-refractivity contribution in [2.45, 2.75) is 26.8 Å². The van der Waals surface area contributed by atoms with Gasteiger partial charge < -0.3 is 9.64 Å². The van der Waals surface area contributed by atoms with Gasteiger partial charge in [0.15, 0.2) is 0 Å². The topological polar surface area (TPSA) is 29.5 Å². The molecule has 0 radical (unpaired) electrons. The van der Waals surface area contributed by atoms with Crippen LogP contribution in [0.25, 0.3) is 0 Å². The Hall–Kier alpha value is -1.72. The molecule has 0 fully saturated rings. The third kappa shape index (κ3) is 2.59. The van der Waals surface area contributed by atoms with E-state index in [1.165, 1.54) is 30.9 Å². The molecule has 110 valence electrons. The monoisotopic (exact) mass is 287 g/mol. The number of halogens is 3. The van der Waals surface area contributed by atoms with Gasteiger partial charge >= 0.3 is 0 Å². The molecule has 0 unspecified atom stereocenters. The van der Waals surface area contributed by atoms with Gasteiger partial charge in [0.05, 0.1) is 13.1 Å². The molecule has 0 bridgehead atoms. The normalized spacial score (nSPS) is 15.6. The summed E-state index contributed by atoms with van der Waals surface area (Å²) in [5.74, 6) is -0.848. The van der Waals surface area contributed by atoms with Gasteiger partial charge in [-0.05, 0) is 26.0 Å². The van der Waals surface area contributed by atoms with Gasteiger partial charge in [0.2, 0.25) is 5.91 Å². The van der Waals surface area contributed by atoms with E-state index >= 15 is 0 Å². The summed E-state index contributed by atoms with van der Waals surface area (Å²) in [6.07, 6.45) is -2.78. The molecule has 2 rings (SSSR count). The van der Waals surface area contributed by atoms with Gasteiger partial charge in [0.25, 0.3) is 6.43 Å². The second kappa shape index (κ2) is 5.34. The molecule has 1 aliphatic rings. The average Bonchev–Trinajstić information content (AvgIpc) is 2.61. The molecule has 1 heterocycles. The summed E-state index contributed by atoms with van der Waals surface area (Å²) in [5.41, 5.74) is -1.57. The zero-order valence-corrected chi connectivity index (χ0v) is 11.3. The van der Waals surface area contributed by atoms with E-state index in [0.717, 1.165) is 0 Å². The van der Waals surface area contributed by atoms with Gasteiger partial charge in [-0.15, -0.1) is 0 Å². The first kappa shape index (κ1) is 14.7. The third-order valence-corrected chi connectivity index (χ3v) is 3.43. The minimum absolute atomic E-state index is 0.0585. The van der Waals surface area contributed by atoms with Gasteiger partial charge in [-0.25, -0.2) is 13.2 Å². The lowest BCUT2D eigenvalue weighted by atomic mass is 9.92. The lowest BCUT2D eigenvalue weighted by Gasteiger charge is -2.30. The lowest BCUT2D eigenvalue weighted by molar-refractivity contribution is -0.149. The fourth-order valence-corrected chi connectivity index (χ4v) is 2.04. The molecule has 20 heavy (non-hydrogen) atoms. The fraction of sp³-hybridized carbons (Fsp3) is 0.500. The number of fused-ring (bicyclic) bond motifs is 1. The van der Waals surface area contributed by atoms with Crippen LogP contribution in [-0.4, -0.2) is 30.4 Å². The number of alkyl halides is 2. The Morgan fingerprint density at radius 2 is 2.10 bits per heavy atom. The van der Waals surface area contributed by atoms with E-state index in [0.29, 0.717) is 5.75 Å². The summed E-state index contributed by atoms with van der Waals surface area (Å²) in [6, 6.07) is 4.37. The highest BCUT2D eigenvalue weighted by molar-refractivity contribution is 5.82. The van der Waals surface area contributed by atoms with Gasteiger partial charge in [0, 0.05) is 5.56 Å². The molecule has 0 aromatic heterocycles. The van der Waals surface area contributed by atoms with E-state index in [4.69, 9.17) is 4.74 Å². The molecule has 6 heteroatoms. The number of ether oxygens (including phenoxy) is 1. The summed E-state index contributed by atoms with van der Waals surface area (Å²) in [7, 11) is 0. The third-order valence-electron chi connectivity index (χ3n) is 3.43. The molecule has 1 amide bonds. The van der Waals surface area contributed by atoms with E-state index in [-0.39, 0.29) is 25.3 Å². The summed E-state index contributed by atoms with van der Waals surface area (Å²) >= 11 is 0. The van der Waals surface area contributed by atoms with Gasteiger partial charge in [0.1, 0.15) is 23.6 Å². The summed E-state index contributed by atoms with van der Waals surface area (Å²) in [5, 5.41) is 0. The van der Waals surface area contributed by atoms with Crippen LogP contribution in [0, 0.1) is 11.2 Å². The van der Waals surface area contributed by atoms with E-state index in [2.05, 4.69) is 0 Å². The second-order valence-corrected chi connectivity index (χ2v) is 5.31. The highest BCUT2D eigenvalue weighted by Gasteiger charge is 2.41. The molecule has 0 N–H and O–H groups in total. The maximum Gasteiger partial charge on any atom is 0.252 e. The van der Waals surface area contributed by atoms with E-state index in [1.54, 1.807) is 6.07 Å². The van der Waals surface area contributed by atoms with Crippen LogP contribution in [0.1, 0.15) is 19.4 Å². The highest BCUT2D eigenvalue weighted by atomic mass is 19.3. The van der Waals surface area contributed by atoms with Crippen molar-refractivity contribution in [2.75, 3.05) is 13.2 Å². The number of carbonyl (C=O) groups excluding carboxylic acids is 1. The first-order chi connectivity index (χ1) is 9.34. The number of nitrogens with zero attached hydrogens (tertiary/aromatic N) is 1. The lowest BCUT2D eigenvalue weighted by Crippen LogP contribution is -2.45. The van der Waals surface area contributed by atoms with Crippen molar-refractivity contribution in [2.24, 2.45) is 5.41 Å². The van der Waals surface area contributed by atoms with Crippen LogP contribution in [0.3, 0.4) is 0 Å². The standard InChI is InChI=1S/C14H16F3NO2/c1-14(2,12(16)17)13(19)18-6-7-20-11-5-3-4-10(15)9(11)8-18/h3-5,12H,6-8H2,1-2H3. The van der Waals surface area contributed by atoms with Crippen LogP contribution in [0.4, 0.5) is 13.2 Å². The largest absolute Gasteiger partial charge is 0.491 e. The van der Waals surface area contributed by atoms with Crippen LogP contribution < -0.4 is 4.74 Å². The smallest absolute Gasteiger partial charge is 0.252 e. The molecule has 0 saturated carbocycles. The zero-order chi connectivity index (χ0) is 14.9. The molecule has 1 aliphatic heterocycles. The number of amides is 1. The number of benzene rings is 1. The Balaban J connectivity index is 2.28. The molecular weight excluding hydrogens is 271 g/mol. The van der Waals surface area contributed by atoms with Crippen LogP contribution in [-0.2, 0) is 11.3 Å². The van der Waals surface area contributed by atoms with Gasteiger partial charge in [-0.3, -0.25) is 4.79 Å². The number of rotatable bonds is 2. The summed E-state index contributed by atoms with van der Waals surface area (Å²) < 4.78 is 45.0. The average molecular weight is 287 g/mol. The Morgan fingerprint density at radius 3 is 2.75 bits per heavy atom. The zero-order valence-electron chi connectivity index (χ0n) is 11.3. The minimum Gasteiger partial charge on any atom is -0.491 e. The Kier molecular flexibility index (Phi) is 3.92. The van der Waals surface area contributed by atoms with Crippen molar-refractivity contribution in [1.82, 2.24) is 4.90 Å². The van der Waals surface area contributed by atoms with Crippen molar-refractivity contribution < 1.29 is 22.7 Å². The minimum atomic E-state index is -2.78. The summed E-state index contributed by atoms with van der Waals surface area (Å²) in [6.45, 7) is 2.63. The molecule has 1 aromatic rings. The predicted molar refractivity (Wildman–Crippen MR) is 67.1 cm³/mol. The Bertz CT molecular complexity index is 517. The van der Waals surface area contributed by atoms with Crippen LogP contribution in [0.5, 0.6) is 5.75 Å². The van der Waals surface area contributed by atoms with Gasteiger partial charge in [-0.2, -0.15) is 0 Å². The van der Waals surface area contributed by atoms with E-state index in [1.807, 2.05) is 0 Å². The summed E-state index contributed by atoms with van der Waals surface area (Å²) in [4.78, 5) is 13.4. The maximum atomic E-state index is 13.8. The maximum absolute atomic E-state index is 13.8. The fourth-order valence-electron chi connectivity index (χ4n) is 2.04. The molecular formula is C14H16F3NO2. The molecule has 0 saturated heterocycles. The van der Waals surface area contributed by atoms with Crippen molar-refractivity contribution in [3.8, 4) is 5.75 Å². The quantitative estimate of drug-likeness (QED) is 0.837. The molecule has 3 nitrogen and oxygen atoms in total. The SMILES string of the molecule is CC(C)(C(=O)N1CCOc2cccc(F)c2C1)C(F)F. The first-order valence-electron chi connectivity index (χ1n) is 6.31. The highest BCUT2D eigenvalue weighted by Crippen LogP contribution is 2.31. The van der Waals surface area contributed by atoms with Crippen LogP contribution in [0.15, 0.2) is 18.2 Å². The Labute approximate surface area is 115 Å². The number of carbonyl (C=O) groups is 1. The predicted octanol–water partition coefficient (Wildman–Crippen LogP) is 2.84. The van der Waals surface area contributed by atoms with Crippen molar-refractivity contribution >= 4 is 5.91 Å². The molecule has 0 aliphatic carbocycles. The molecule has 0 atom stereocenters. The van der Waals surface area contributed by atoms with E-state index in [9.17, 15) is 18.0 Å². The van der Waals surface area contributed by atoms with Crippen molar-refractivity contribution in [3.05, 3.63) is 29.6 Å². The second-order valence-electron chi connectivity index (χ2n) is 5.31. The number of hydrogen-bond donors (Lipinski definition) is 0. The molecule has 0 spiro atoms. The molecule has 1 aromatic carbocycles.